The summed E-state index contributed by atoms with van der Waals surface area (Å²) >= 11 is 0. The molecular weight excluding hydrogens is 437 g/mol. The topological polar surface area (TPSA) is 34.1 Å². The van der Waals surface area contributed by atoms with Crippen LogP contribution in [0, 0.1) is 0 Å². The highest BCUT2D eigenvalue weighted by Gasteiger charge is 2.46. The maximum absolute atomic E-state index is 12.0. The largest absolute Gasteiger partial charge is 0.378 e. The van der Waals surface area contributed by atoms with Crippen molar-refractivity contribution in [3.05, 3.63) is 12.2 Å². The van der Waals surface area contributed by atoms with Gasteiger partial charge in [-0.1, -0.05) is 122 Å². The van der Waals surface area contributed by atoms with E-state index < -0.39 is 13.0 Å². The molecular formula is C30H61NO2P+. The van der Waals surface area contributed by atoms with Gasteiger partial charge in [-0.2, -0.15) is 0 Å². The van der Waals surface area contributed by atoms with Crippen LogP contribution in [0.15, 0.2) is 12.2 Å². The monoisotopic (exact) mass is 498 g/mol. The Morgan fingerprint density at radius 1 is 0.559 bits per heavy atom. The summed E-state index contributed by atoms with van der Waals surface area (Å²) in [5.74, 6) is 0. The average Bonchev–Trinajstić information content (AvgIpc) is 2.78. The lowest BCUT2D eigenvalue weighted by Crippen LogP contribution is -2.53. The van der Waals surface area contributed by atoms with Gasteiger partial charge in [-0.15, -0.1) is 0 Å². The maximum atomic E-state index is 12.0. The predicted molar refractivity (Wildman–Crippen MR) is 151 cm³/mol. The van der Waals surface area contributed by atoms with E-state index >= 15 is 0 Å². The highest BCUT2D eigenvalue weighted by atomic mass is 31.1. The predicted octanol–water partition coefficient (Wildman–Crippen LogP) is 10.7. The molecule has 0 aliphatic heterocycles. The van der Waals surface area contributed by atoms with Crippen molar-refractivity contribution in [2.75, 3.05) is 21.1 Å². The second kappa shape index (κ2) is 21.8. The van der Waals surface area contributed by atoms with Crippen LogP contribution in [0.25, 0.3) is 0 Å². The van der Waals surface area contributed by atoms with E-state index in [9.17, 15) is 9.13 Å². The van der Waals surface area contributed by atoms with Gasteiger partial charge >= 0.3 is 7.68 Å². The van der Waals surface area contributed by atoms with E-state index in [0.29, 0.717) is 10.9 Å². The lowest BCUT2D eigenvalue weighted by molar-refractivity contribution is -0.908. The van der Waals surface area contributed by atoms with Gasteiger partial charge in [0.1, 0.15) is 0 Å². The molecule has 4 heteroatoms. The van der Waals surface area contributed by atoms with Gasteiger partial charge in [0.05, 0.1) is 21.1 Å². The molecule has 0 saturated carbocycles. The van der Waals surface area contributed by atoms with Gasteiger partial charge in [0, 0.05) is 12.8 Å². The first kappa shape index (κ1) is 33.6. The molecule has 0 aromatic carbocycles. The van der Waals surface area contributed by atoms with Gasteiger partial charge in [-0.3, -0.25) is 0 Å². The number of unbranched alkanes of at least 4 members (excludes halogenated alkanes) is 18. The SMILES string of the molecule is CCCCCCCCCCCCCC=CCCCCCCCCCC(CC)(P(=O)=O)[N+](C)(C)C. The molecule has 1 atom stereocenters. The normalized spacial score (nSPS) is 14.0. The molecule has 202 valence electrons. The van der Waals surface area contributed by atoms with Crippen LogP contribution < -0.4 is 0 Å². The van der Waals surface area contributed by atoms with E-state index in [1.165, 1.54) is 116 Å². The third-order valence-corrected chi connectivity index (χ3v) is 9.56. The summed E-state index contributed by atoms with van der Waals surface area (Å²) in [6, 6.07) is 0. The molecule has 0 amide bonds. The Kier molecular flexibility index (Phi) is 21.6. The minimum Gasteiger partial charge on any atom is -0.314 e. The summed E-state index contributed by atoms with van der Waals surface area (Å²) in [4.78, 5) is 0. The number of allylic oxidation sites excluding steroid dienone is 2. The van der Waals surface area contributed by atoms with Gasteiger partial charge in [0.25, 0.3) is 0 Å². The van der Waals surface area contributed by atoms with Gasteiger partial charge in [-0.25, -0.2) is 9.13 Å². The molecule has 0 aromatic heterocycles. The number of quaternary nitrogens is 1. The van der Waals surface area contributed by atoms with Crippen LogP contribution in [0.4, 0.5) is 0 Å². The molecule has 1 unspecified atom stereocenters. The molecule has 0 rings (SSSR count). The number of hydrogen-bond acceptors (Lipinski definition) is 2. The number of rotatable bonds is 25. The minimum absolute atomic E-state index is 0.509. The Morgan fingerprint density at radius 2 is 0.912 bits per heavy atom. The van der Waals surface area contributed by atoms with Gasteiger partial charge < -0.3 is 4.48 Å². The van der Waals surface area contributed by atoms with Crippen molar-refractivity contribution in [3.63, 3.8) is 0 Å². The molecule has 0 saturated heterocycles. The Balaban J connectivity index is 3.49. The standard InChI is InChI=1S/C30H61NO2P/c1-6-8-9-10-11-12-13-14-15-16-17-18-19-20-21-22-23-24-25-26-27-28-29-30(7-2,34(32)33)31(3,4)5/h19-20H,6-18,21-29H2,1-5H3/q+1. The summed E-state index contributed by atoms with van der Waals surface area (Å²) in [6.45, 7) is 4.30. The van der Waals surface area contributed by atoms with Crippen molar-refractivity contribution in [2.24, 2.45) is 0 Å². The second-order valence-corrected chi connectivity index (χ2v) is 12.8. The van der Waals surface area contributed by atoms with E-state index in [4.69, 9.17) is 0 Å². The molecule has 0 radical (unpaired) electrons. The summed E-state index contributed by atoms with van der Waals surface area (Å²) < 4.78 is 24.4. The summed E-state index contributed by atoms with van der Waals surface area (Å²) in [7, 11) is 3.63. The first-order valence-corrected chi connectivity index (χ1v) is 16.1. The summed E-state index contributed by atoms with van der Waals surface area (Å²) in [5, 5.41) is -0.602. The van der Waals surface area contributed by atoms with E-state index in [0.717, 1.165) is 19.3 Å². The van der Waals surface area contributed by atoms with E-state index in [1.54, 1.807) is 0 Å². The molecule has 0 aliphatic rings. The van der Waals surface area contributed by atoms with Crippen LogP contribution in [-0.2, 0) is 9.13 Å². The molecule has 34 heavy (non-hydrogen) atoms. The Labute approximate surface area is 215 Å². The lowest BCUT2D eigenvalue weighted by Gasteiger charge is -2.40. The third-order valence-electron chi connectivity index (χ3n) is 7.74. The third kappa shape index (κ3) is 16.3. The Bertz CT molecular complexity index is 542. The average molecular weight is 499 g/mol. The van der Waals surface area contributed by atoms with Crippen LogP contribution in [0.2, 0.25) is 0 Å². The van der Waals surface area contributed by atoms with Crippen LogP contribution in [0.1, 0.15) is 155 Å². The number of nitrogens with zero attached hydrogens (tertiary/aromatic N) is 1. The van der Waals surface area contributed by atoms with Crippen molar-refractivity contribution in [3.8, 4) is 0 Å². The Morgan fingerprint density at radius 3 is 1.24 bits per heavy atom. The van der Waals surface area contributed by atoms with E-state index in [1.807, 2.05) is 28.1 Å². The zero-order valence-corrected chi connectivity index (χ0v) is 24.8. The quantitative estimate of drug-likeness (QED) is 0.0543. The van der Waals surface area contributed by atoms with Crippen molar-refractivity contribution in [1.82, 2.24) is 0 Å². The first-order valence-electron chi connectivity index (χ1n) is 14.9. The van der Waals surface area contributed by atoms with Gasteiger partial charge in [0.2, 0.25) is 5.28 Å². The van der Waals surface area contributed by atoms with Crippen molar-refractivity contribution < 1.29 is 13.6 Å². The van der Waals surface area contributed by atoms with Crippen LogP contribution in [0.3, 0.4) is 0 Å². The van der Waals surface area contributed by atoms with Gasteiger partial charge in [-0.05, 0) is 32.1 Å². The maximum Gasteiger partial charge on any atom is 0.378 e. The molecule has 0 aromatic rings. The summed E-state index contributed by atoms with van der Waals surface area (Å²) in [6.07, 6.45) is 33.1. The molecule has 0 aliphatic carbocycles. The minimum atomic E-state index is -2.42. The Hall–Kier alpha value is -0.400. The lowest BCUT2D eigenvalue weighted by atomic mass is 10.0. The van der Waals surface area contributed by atoms with E-state index in [-0.39, 0.29) is 0 Å². The van der Waals surface area contributed by atoms with Crippen LogP contribution >= 0.6 is 7.68 Å². The highest BCUT2D eigenvalue weighted by Crippen LogP contribution is 2.43. The zero-order valence-electron chi connectivity index (χ0n) is 23.9. The molecule has 0 fully saturated rings. The fraction of sp³-hybridized carbons (Fsp3) is 0.933. The molecule has 0 spiro atoms. The smallest absolute Gasteiger partial charge is 0.314 e. The van der Waals surface area contributed by atoms with Crippen LogP contribution in [0.5, 0.6) is 0 Å². The fourth-order valence-electron chi connectivity index (χ4n) is 5.17. The summed E-state index contributed by atoms with van der Waals surface area (Å²) in [5.41, 5.74) is 0. The first-order chi connectivity index (χ1) is 16.3. The van der Waals surface area contributed by atoms with Crippen LogP contribution in [-0.4, -0.2) is 30.9 Å². The molecule has 0 bridgehead atoms. The van der Waals surface area contributed by atoms with Crippen molar-refractivity contribution in [2.45, 2.75) is 160 Å². The van der Waals surface area contributed by atoms with Crippen molar-refractivity contribution >= 4 is 7.68 Å². The fourth-order valence-corrected chi connectivity index (χ4v) is 6.26. The van der Waals surface area contributed by atoms with Gasteiger partial charge in [0.15, 0.2) is 0 Å². The van der Waals surface area contributed by atoms with E-state index in [2.05, 4.69) is 19.1 Å². The highest BCUT2D eigenvalue weighted by molar-refractivity contribution is 7.32. The van der Waals surface area contributed by atoms with Crippen molar-refractivity contribution in [1.29, 1.82) is 0 Å². The number of hydrogen-bond donors (Lipinski definition) is 0. The molecule has 3 nitrogen and oxygen atoms in total. The molecule has 0 N–H and O–H groups in total. The zero-order chi connectivity index (χ0) is 25.5. The molecule has 0 heterocycles. The second-order valence-electron chi connectivity index (χ2n) is 11.4.